The van der Waals surface area contributed by atoms with Crippen LogP contribution in [-0.2, 0) is 0 Å². The zero-order valence-corrected chi connectivity index (χ0v) is 8.78. The maximum absolute atomic E-state index is 3.28. The van der Waals surface area contributed by atoms with Gasteiger partial charge in [0.1, 0.15) is 0 Å². The van der Waals surface area contributed by atoms with Crippen LogP contribution >= 0.6 is 0 Å². The van der Waals surface area contributed by atoms with Gasteiger partial charge in [-0.15, -0.1) is 0 Å². The van der Waals surface area contributed by atoms with Gasteiger partial charge in [-0.05, 0) is 40.2 Å². The van der Waals surface area contributed by atoms with Gasteiger partial charge in [0.05, 0.1) is 0 Å². The van der Waals surface area contributed by atoms with Crippen molar-refractivity contribution in [3.05, 3.63) is 0 Å². The van der Waals surface area contributed by atoms with Crippen molar-refractivity contribution in [2.75, 3.05) is 33.7 Å². The Bertz CT molecular complexity index is 53.5. The first-order valence-electron chi connectivity index (χ1n) is 4.62. The third kappa shape index (κ3) is 17.8. The van der Waals surface area contributed by atoms with Gasteiger partial charge in [-0.1, -0.05) is 20.8 Å². The summed E-state index contributed by atoms with van der Waals surface area (Å²) in [5.41, 5.74) is 0. The van der Waals surface area contributed by atoms with Crippen LogP contribution in [0.5, 0.6) is 0 Å². The molecule has 0 atom stereocenters. The van der Waals surface area contributed by atoms with Gasteiger partial charge >= 0.3 is 0 Å². The van der Waals surface area contributed by atoms with Crippen molar-refractivity contribution in [1.29, 1.82) is 0 Å². The average Bonchev–Trinajstić information content (AvgIpc) is 2.02. The molecule has 0 saturated heterocycles. The summed E-state index contributed by atoms with van der Waals surface area (Å²) in [5, 5.41) is 3.28. The molecule has 0 aliphatic carbocycles. The lowest BCUT2D eigenvalue weighted by Crippen LogP contribution is -2.20. The van der Waals surface area contributed by atoms with Crippen molar-refractivity contribution in [3.8, 4) is 0 Å². The molecular formula is C9H24N2. The second-order valence-electron chi connectivity index (χ2n) is 2.51. The van der Waals surface area contributed by atoms with Crippen molar-refractivity contribution in [2.45, 2.75) is 27.2 Å². The van der Waals surface area contributed by atoms with Gasteiger partial charge in [-0.2, -0.15) is 0 Å². The van der Waals surface area contributed by atoms with E-state index in [2.05, 4.69) is 31.2 Å². The van der Waals surface area contributed by atoms with E-state index in [9.17, 15) is 0 Å². The Balaban J connectivity index is 0. The minimum Gasteiger partial charge on any atom is -0.317 e. The lowest BCUT2D eigenvalue weighted by atomic mass is 10.4. The molecule has 1 N–H and O–H groups in total. The zero-order valence-electron chi connectivity index (χ0n) is 8.78. The van der Waals surface area contributed by atoms with Gasteiger partial charge in [0.15, 0.2) is 0 Å². The van der Waals surface area contributed by atoms with Crippen LogP contribution in [0.4, 0.5) is 0 Å². The third-order valence-electron chi connectivity index (χ3n) is 1.21. The first-order valence-corrected chi connectivity index (χ1v) is 4.62. The lowest BCUT2D eigenvalue weighted by molar-refractivity contribution is 0.395. The fourth-order valence-corrected chi connectivity index (χ4v) is 0.697. The molecule has 11 heavy (non-hydrogen) atoms. The van der Waals surface area contributed by atoms with E-state index in [1.165, 1.54) is 13.0 Å². The molecule has 0 aromatic heterocycles. The Hall–Kier alpha value is -0.0800. The summed E-state index contributed by atoms with van der Waals surface area (Å²) >= 11 is 0. The van der Waals surface area contributed by atoms with E-state index in [1.54, 1.807) is 0 Å². The Labute approximate surface area is 72.0 Å². The molecule has 0 aromatic rings. The highest BCUT2D eigenvalue weighted by atomic mass is 15.0. The monoisotopic (exact) mass is 160 g/mol. The maximum atomic E-state index is 3.28. The minimum absolute atomic E-state index is 1.09. The molecule has 2 heteroatoms. The Kier molecular flexibility index (Phi) is 15.4. The summed E-state index contributed by atoms with van der Waals surface area (Å²) in [5.74, 6) is 0. The molecule has 0 saturated carbocycles. The Morgan fingerprint density at radius 3 is 2.09 bits per heavy atom. The maximum Gasteiger partial charge on any atom is -0.00127 e. The van der Waals surface area contributed by atoms with Crippen LogP contribution in [0.2, 0.25) is 0 Å². The molecule has 0 aliphatic rings. The molecule has 0 fully saturated rings. The summed E-state index contributed by atoms with van der Waals surface area (Å²) in [7, 11) is 4.21. The second-order valence-corrected chi connectivity index (χ2v) is 2.51. The topological polar surface area (TPSA) is 15.3 Å². The fraction of sp³-hybridized carbons (Fsp3) is 1.00. The van der Waals surface area contributed by atoms with E-state index in [0.29, 0.717) is 0 Å². The normalized spacial score (nSPS) is 9.27. The predicted octanol–water partition coefficient (Wildman–Crippen LogP) is 1.57. The largest absolute Gasteiger partial charge is 0.317 e. The van der Waals surface area contributed by atoms with Gasteiger partial charge in [0, 0.05) is 0 Å². The SMILES string of the molecule is CC.CCNCCCN(C)C. The summed E-state index contributed by atoms with van der Waals surface area (Å²) < 4.78 is 0. The molecule has 0 rings (SSSR count). The van der Waals surface area contributed by atoms with Crippen LogP contribution in [0.3, 0.4) is 0 Å². The number of hydrogen-bond donors (Lipinski definition) is 1. The first kappa shape index (κ1) is 13.5. The summed E-state index contributed by atoms with van der Waals surface area (Å²) in [6.07, 6.45) is 1.25. The van der Waals surface area contributed by atoms with Gasteiger partial charge in [-0.25, -0.2) is 0 Å². The Morgan fingerprint density at radius 1 is 1.18 bits per heavy atom. The van der Waals surface area contributed by atoms with Crippen molar-refractivity contribution in [3.63, 3.8) is 0 Å². The van der Waals surface area contributed by atoms with E-state index >= 15 is 0 Å². The number of nitrogens with one attached hydrogen (secondary N) is 1. The summed E-state index contributed by atoms with van der Waals surface area (Å²) in [4.78, 5) is 2.21. The third-order valence-corrected chi connectivity index (χ3v) is 1.21. The number of nitrogens with zero attached hydrogens (tertiary/aromatic N) is 1. The fourth-order valence-electron chi connectivity index (χ4n) is 0.697. The van der Waals surface area contributed by atoms with Crippen LogP contribution in [0, 0.1) is 0 Å². The highest BCUT2D eigenvalue weighted by molar-refractivity contribution is 4.47. The highest BCUT2D eigenvalue weighted by Crippen LogP contribution is 1.79. The van der Waals surface area contributed by atoms with Gasteiger partial charge in [-0.3, -0.25) is 0 Å². The van der Waals surface area contributed by atoms with Crippen molar-refractivity contribution >= 4 is 0 Å². The predicted molar refractivity (Wildman–Crippen MR) is 53.1 cm³/mol. The molecule has 0 amide bonds. The van der Waals surface area contributed by atoms with E-state index in [4.69, 9.17) is 0 Å². The van der Waals surface area contributed by atoms with E-state index in [-0.39, 0.29) is 0 Å². The molecule has 70 valence electrons. The molecule has 2 nitrogen and oxygen atoms in total. The van der Waals surface area contributed by atoms with Crippen LogP contribution in [-0.4, -0.2) is 38.6 Å². The van der Waals surface area contributed by atoms with Crippen molar-refractivity contribution in [2.24, 2.45) is 0 Å². The molecule has 0 unspecified atom stereocenters. The van der Waals surface area contributed by atoms with Crippen molar-refractivity contribution in [1.82, 2.24) is 10.2 Å². The zero-order chi connectivity index (χ0) is 9.11. The number of rotatable bonds is 5. The summed E-state index contributed by atoms with van der Waals surface area (Å²) in [6, 6.07) is 0. The lowest BCUT2D eigenvalue weighted by Gasteiger charge is -2.08. The molecule has 0 spiro atoms. The van der Waals surface area contributed by atoms with Crippen LogP contribution in [0.1, 0.15) is 27.2 Å². The molecule has 0 heterocycles. The standard InChI is InChI=1S/C7H18N2.C2H6/c1-4-8-6-5-7-9(2)3;1-2/h8H,4-7H2,1-3H3;1-2H3. The van der Waals surface area contributed by atoms with Gasteiger partial charge in [0.2, 0.25) is 0 Å². The van der Waals surface area contributed by atoms with Crippen LogP contribution in [0.15, 0.2) is 0 Å². The quantitative estimate of drug-likeness (QED) is 0.614. The minimum atomic E-state index is 1.09. The van der Waals surface area contributed by atoms with E-state index in [0.717, 1.165) is 13.1 Å². The molecule has 0 bridgehead atoms. The van der Waals surface area contributed by atoms with Crippen LogP contribution in [0.25, 0.3) is 0 Å². The average molecular weight is 160 g/mol. The smallest absolute Gasteiger partial charge is 0.00127 e. The molecule has 0 radical (unpaired) electrons. The second kappa shape index (κ2) is 12.6. The van der Waals surface area contributed by atoms with Gasteiger partial charge < -0.3 is 10.2 Å². The van der Waals surface area contributed by atoms with Gasteiger partial charge in [0.25, 0.3) is 0 Å². The molecule has 0 aliphatic heterocycles. The summed E-state index contributed by atoms with van der Waals surface area (Å²) in [6.45, 7) is 9.56. The Morgan fingerprint density at radius 2 is 1.73 bits per heavy atom. The first-order chi connectivity index (χ1) is 5.27. The van der Waals surface area contributed by atoms with Crippen molar-refractivity contribution < 1.29 is 0 Å². The van der Waals surface area contributed by atoms with Crippen LogP contribution < -0.4 is 5.32 Å². The molecular weight excluding hydrogens is 136 g/mol. The highest BCUT2D eigenvalue weighted by Gasteiger charge is 1.87. The van der Waals surface area contributed by atoms with E-state index in [1.807, 2.05) is 13.8 Å². The van der Waals surface area contributed by atoms with E-state index < -0.39 is 0 Å². The molecule has 0 aromatic carbocycles. The number of hydrogen-bond acceptors (Lipinski definition) is 2.